The summed E-state index contributed by atoms with van der Waals surface area (Å²) in [5, 5.41) is 3.33. The Balaban J connectivity index is 2.24. The molecule has 5 nitrogen and oxygen atoms in total. The van der Waals surface area contributed by atoms with Crippen LogP contribution in [0.15, 0.2) is 4.99 Å². The van der Waals surface area contributed by atoms with Crippen LogP contribution in [-0.2, 0) is 0 Å². The summed E-state index contributed by atoms with van der Waals surface area (Å²) in [6.45, 7) is 17.8. The largest absolute Gasteiger partial charge is 0.370 e. The molecular weight excluding hydrogens is 286 g/mol. The second-order valence-electron chi connectivity index (χ2n) is 7.42. The third-order valence-corrected chi connectivity index (χ3v) is 4.82. The average Bonchev–Trinajstić information content (AvgIpc) is 2.52. The fourth-order valence-electron chi connectivity index (χ4n) is 3.07. The van der Waals surface area contributed by atoms with Gasteiger partial charge in [-0.2, -0.15) is 0 Å². The van der Waals surface area contributed by atoms with Crippen molar-refractivity contribution in [2.75, 3.05) is 39.3 Å². The van der Waals surface area contributed by atoms with Gasteiger partial charge in [0.2, 0.25) is 0 Å². The fourth-order valence-corrected chi connectivity index (χ4v) is 3.07. The van der Waals surface area contributed by atoms with Crippen LogP contribution >= 0.6 is 0 Å². The van der Waals surface area contributed by atoms with Crippen LogP contribution in [0.25, 0.3) is 0 Å². The molecule has 23 heavy (non-hydrogen) atoms. The Morgan fingerprint density at radius 2 is 1.74 bits per heavy atom. The number of guanidine groups is 1. The molecule has 0 aromatic carbocycles. The standard InChI is InChI=1S/C18H39N5/c1-6-22-10-12-23(13-11-22)17(5)14-20-18(19)21-16(4)9-7-8-15(2)3/h15-17H,6-14H2,1-5H3,(H3,19,20,21). The zero-order valence-corrected chi connectivity index (χ0v) is 16.0. The molecule has 0 aromatic heterocycles. The summed E-state index contributed by atoms with van der Waals surface area (Å²) < 4.78 is 0. The van der Waals surface area contributed by atoms with Crippen molar-refractivity contribution in [3.05, 3.63) is 0 Å². The summed E-state index contributed by atoms with van der Waals surface area (Å²) in [7, 11) is 0. The van der Waals surface area contributed by atoms with Crippen molar-refractivity contribution in [2.45, 2.75) is 66.0 Å². The summed E-state index contributed by atoms with van der Waals surface area (Å²) in [5.41, 5.74) is 6.04. The third kappa shape index (κ3) is 8.56. The third-order valence-electron chi connectivity index (χ3n) is 4.82. The molecule has 1 aliphatic heterocycles. The number of hydrogen-bond donors (Lipinski definition) is 2. The van der Waals surface area contributed by atoms with E-state index < -0.39 is 0 Å². The number of piperazine rings is 1. The van der Waals surface area contributed by atoms with Gasteiger partial charge < -0.3 is 16.0 Å². The first-order valence-electron chi connectivity index (χ1n) is 9.45. The number of rotatable bonds is 9. The molecule has 0 aliphatic carbocycles. The Labute approximate surface area is 143 Å². The molecule has 0 bridgehead atoms. The lowest BCUT2D eigenvalue weighted by molar-refractivity contribution is 0.109. The minimum atomic E-state index is 0.404. The lowest BCUT2D eigenvalue weighted by Crippen LogP contribution is -2.50. The molecule has 0 radical (unpaired) electrons. The number of nitrogens with zero attached hydrogens (tertiary/aromatic N) is 3. The van der Waals surface area contributed by atoms with E-state index in [0.29, 0.717) is 18.0 Å². The minimum absolute atomic E-state index is 0.404. The van der Waals surface area contributed by atoms with Gasteiger partial charge in [0.25, 0.3) is 0 Å². The Bertz CT molecular complexity index is 334. The Kier molecular flexibility index (Phi) is 9.56. The number of nitrogens with two attached hydrogens (primary N) is 1. The molecule has 2 atom stereocenters. The van der Waals surface area contributed by atoms with E-state index in [4.69, 9.17) is 5.73 Å². The van der Waals surface area contributed by atoms with E-state index in [2.05, 4.69) is 54.7 Å². The molecule has 3 N–H and O–H groups in total. The van der Waals surface area contributed by atoms with Crippen LogP contribution in [0.5, 0.6) is 0 Å². The van der Waals surface area contributed by atoms with E-state index >= 15 is 0 Å². The number of aliphatic imine (C=N–C) groups is 1. The van der Waals surface area contributed by atoms with Gasteiger partial charge in [-0.25, -0.2) is 0 Å². The van der Waals surface area contributed by atoms with E-state index in [1.165, 1.54) is 25.9 Å². The molecule has 0 amide bonds. The van der Waals surface area contributed by atoms with Gasteiger partial charge in [-0.05, 0) is 32.7 Å². The monoisotopic (exact) mass is 325 g/mol. The van der Waals surface area contributed by atoms with Crippen molar-refractivity contribution in [3.8, 4) is 0 Å². The summed E-state index contributed by atoms with van der Waals surface area (Å²) in [5.74, 6) is 1.38. The molecule has 5 heteroatoms. The van der Waals surface area contributed by atoms with E-state index in [0.717, 1.165) is 38.5 Å². The Morgan fingerprint density at radius 3 is 2.30 bits per heavy atom. The predicted octanol–water partition coefficient (Wildman–Crippen LogP) is 2.13. The van der Waals surface area contributed by atoms with Crippen LogP contribution in [0.3, 0.4) is 0 Å². The van der Waals surface area contributed by atoms with Crippen LogP contribution in [0.4, 0.5) is 0 Å². The molecule has 0 saturated carbocycles. The normalized spacial score (nSPS) is 20.7. The van der Waals surface area contributed by atoms with Gasteiger partial charge in [0.1, 0.15) is 0 Å². The van der Waals surface area contributed by atoms with Gasteiger partial charge in [0, 0.05) is 38.3 Å². The maximum atomic E-state index is 6.04. The van der Waals surface area contributed by atoms with Crippen molar-refractivity contribution < 1.29 is 0 Å². The van der Waals surface area contributed by atoms with E-state index in [-0.39, 0.29) is 0 Å². The smallest absolute Gasteiger partial charge is 0.188 e. The maximum Gasteiger partial charge on any atom is 0.188 e. The Hall–Kier alpha value is -0.810. The molecule has 1 heterocycles. The molecule has 1 aliphatic rings. The lowest BCUT2D eigenvalue weighted by Gasteiger charge is -2.37. The SMILES string of the molecule is CCN1CCN(C(C)CN=C(N)NC(C)CCCC(C)C)CC1. The average molecular weight is 326 g/mol. The van der Waals surface area contributed by atoms with Gasteiger partial charge in [0.15, 0.2) is 5.96 Å². The molecule has 136 valence electrons. The van der Waals surface area contributed by atoms with Crippen LogP contribution < -0.4 is 11.1 Å². The zero-order chi connectivity index (χ0) is 17.2. The van der Waals surface area contributed by atoms with Crippen molar-refractivity contribution in [1.29, 1.82) is 0 Å². The van der Waals surface area contributed by atoms with Gasteiger partial charge >= 0.3 is 0 Å². The van der Waals surface area contributed by atoms with Gasteiger partial charge in [-0.1, -0.05) is 33.6 Å². The molecule has 0 spiro atoms. The summed E-state index contributed by atoms with van der Waals surface area (Å²) in [6, 6.07) is 0.867. The Morgan fingerprint density at radius 1 is 1.09 bits per heavy atom. The molecule has 2 unspecified atom stereocenters. The van der Waals surface area contributed by atoms with Gasteiger partial charge in [0.05, 0.1) is 6.54 Å². The fraction of sp³-hybridized carbons (Fsp3) is 0.944. The summed E-state index contributed by atoms with van der Waals surface area (Å²) >= 11 is 0. The quantitative estimate of drug-likeness (QED) is 0.504. The highest BCUT2D eigenvalue weighted by molar-refractivity contribution is 5.78. The van der Waals surface area contributed by atoms with Crippen molar-refractivity contribution in [1.82, 2.24) is 15.1 Å². The van der Waals surface area contributed by atoms with E-state index in [1.54, 1.807) is 0 Å². The van der Waals surface area contributed by atoms with Crippen LogP contribution in [0.1, 0.15) is 53.9 Å². The minimum Gasteiger partial charge on any atom is -0.370 e. The van der Waals surface area contributed by atoms with Gasteiger partial charge in [-0.15, -0.1) is 0 Å². The van der Waals surface area contributed by atoms with E-state index in [1.807, 2.05) is 0 Å². The zero-order valence-electron chi connectivity index (χ0n) is 16.0. The first-order valence-corrected chi connectivity index (χ1v) is 9.45. The highest BCUT2D eigenvalue weighted by atomic mass is 15.3. The summed E-state index contributed by atoms with van der Waals surface area (Å²) in [6.07, 6.45) is 3.68. The number of hydrogen-bond acceptors (Lipinski definition) is 3. The van der Waals surface area contributed by atoms with Gasteiger partial charge in [-0.3, -0.25) is 9.89 Å². The molecular formula is C18H39N5. The van der Waals surface area contributed by atoms with Crippen LogP contribution in [0.2, 0.25) is 0 Å². The first-order chi connectivity index (χ1) is 10.9. The molecule has 1 rings (SSSR count). The predicted molar refractivity (Wildman–Crippen MR) is 101 cm³/mol. The number of likely N-dealkylation sites (N-methyl/N-ethyl adjacent to an activating group) is 1. The van der Waals surface area contributed by atoms with Crippen LogP contribution in [0, 0.1) is 5.92 Å². The molecule has 1 fully saturated rings. The van der Waals surface area contributed by atoms with E-state index in [9.17, 15) is 0 Å². The molecule has 1 saturated heterocycles. The highest BCUT2D eigenvalue weighted by Gasteiger charge is 2.19. The number of nitrogens with one attached hydrogen (secondary N) is 1. The van der Waals surface area contributed by atoms with Crippen molar-refractivity contribution >= 4 is 5.96 Å². The first kappa shape index (κ1) is 20.2. The van der Waals surface area contributed by atoms with Crippen molar-refractivity contribution in [3.63, 3.8) is 0 Å². The summed E-state index contributed by atoms with van der Waals surface area (Å²) in [4.78, 5) is 9.57. The van der Waals surface area contributed by atoms with Crippen LogP contribution in [-0.4, -0.2) is 67.1 Å². The topological polar surface area (TPSA) is 56.9 Å². The maximum absolute atomic E-state index is 6.04. The second kappa shape index (κ2) is 10.9. The van der Waals surface area contributed by atoms with Crippen molar-refractivity contribution in [2.24, 2.45) is 16.6 Å². The molecule has 0 aromatic rings. The lowest BCUT2D eigenvalue weighted by atomic mass is 10.0. The second-order valence-corrected chi connectivity index (χ2v) is 7.42. The highest BCUT2D eigenvalue weighted by Crippen LogP contribution is 2.08.